The molecular formula is C27H19ClN6O2. The fourth-order valence-electron chi connectivity index (χ4n) is 4.62. The van der Waals surface area contributed by atoms with Gasteiger partial charge in [-0.1, -0.05) is 17.7 Å². The average molecular weight is 495 g/mol. The van der Waals surface area contributed by atoms with Gasteiger partial charge in [-0.3, -0.25) is 14.5 Å². The number of rotatable bonds is 5. The lowest BCUT2D eigenvalue weighted by Crippen LogP contribution is -2.24. The Hall–Kier alpha value is -4.35. The minimum absolute atomic E-state index is 0.218. The number of hydrogen-bond acceptors (Lipinski definition) is 6. The van der Waals surface area contributed by atoms with Gasteiger partial charge in [0.25, 0.3) is 5.91 Å². The van der Waals surface area contributed by atoms with Gasteiger partial charge >= 0.3 is 0 Å². The van der Waals surface area contributed by atoms with Gasteiger partial charge in [-0.25, -0.2) is 4.98 Å². The first-order valence-electron chi connectivity index (χ1n) is 11.5. The molecule has 2 aliphatic rings. The Morgan fingerprint density at radius 1 is 1.11 bits per heavy atom. The zero-order chi connectivity index (χ0) is 25.0. The molecule has 0 radical (unpaired) electrons. The summed E-state index contributed by atoms with van der Waals surface area (Å²) < 4.78 is 1.80. The van der Waals surface area contributed by atoms with Crippen LogP contribution in [0.4, 0.5) is 5.82 Å². The van der Waals surface area contributed by atoms with Crippen molar-refractivity contribution in [3.8, 4) is 28.6 Å². The molecule has 0 atom stereocenters. The predicted molar refractivity (Wildman–Crippen MR) is 134 cm³/mol. The third-order valence-electron chi connectivity index (χ3n) is 6.67. The second kappa shape index (κ2) is 8.40. The molecule has 0 unspecified atom stereocenters. The molecular weight excluding hydrogens is 476 g/mol. The van der Waals surface area contributed by atoms with Crippen LogP contribution in [0, 0.1) is 11.3 Å². The van der Waals surface area contributed by atoms with Crippen molar-refractivity contribution in [3.05, 3.63) is 81.8 Å². The lowest BCUT2D eigenvalue weighted by Gasteiger charge is -2.18. The smallest absolute Gasteiger partial charge is 0.260 e. The van der Waals surface area contributed by atoms with Crippen molar-refractivity contribution in [3.63, 3.8) is 0 Å². The monoisotopic (exact) mass is 494 g/mol. The van der Waals surface area contributed by atoms with Gasteiger partial charge in [0.15, 0.2) is 12.1 Å². The minimum atomic E-state index is -0.218. The first-order chi connectivity index (χ1) is 17.5. The first-order valence-corrected chi connectivity index (χ1v) is 11.8. The van der Waals surface area contributed by atoms with Gasteiger partial charge < -0.3 is 4.57 Å². The third-order valence-corrected chi connectivity index (χ3v) is 7.00. The van der Waals surface area contributed by atoms with Crippen molar-refractivity contribution in [2.45, 2.75) is 25.3 Å². The number of benzene rings is 2. The number of halogens is 1. The van der Waals surface area contributed by atoms with Crippen LogP contribution in [0.1, 0.15) is 56.3 Å². The number of carbonyl (C=O) groups excluding carboxylic acids is 2. The molecule has 1 aliphatic carbocycles. The predicted octanol–water partition coefficient (Wildman–Crippen LogP) is 4.92. The van der Waals surface area contributed by atoms with Crippen molar-refractivity contribution >= 4 is 29.6 Å². The zero-order valence-corrected chi connectivity index (χ0v) is 20.0. The Labute approximate surface area is 211 Å². The molecule has 0 spiro atoms. The van der Waals surface area contributed by atoms with E-state index >= 15 is 0 Å². The van der Waals surface area contributed by atoms with Crippen molar-refractivity contribution in [1.29, 1.82) is 5.26 Å². The van der Waals surface area contributed by atoms with Crippen LogP contribution in [-0.4, -0.2) is 31.9 Å². The molecule has 0 bridgehead atoms. The Morgan fingerprint density at radius 3 is 2.64 bits per heavy atom. The second-order valence-corrected chi connectivity index (χ2v) is 9.50. The summed E-state index contributed by atoms with van der Waals surface area (Å²) in [6.07, 6.45) is 4.36. The van der Waals surface area contributed by atoms with Crippen molar-refractivity contribution in [2.75, 3.05) is 4.90 Å². The summed E-state index contributed by atoms with van der Waals surface area (Å²) in [5.41, 5.74) is 5.45. The van der Waals surface area contributed by atoms with E-state index in [2.05, 4.69) is 22.3 Å². The average Bonchev–Trinajstić information content (AvgIpc) is 3.59. The van der Waals surface area contributed by atoms with Gasteiger partial charge in [0.1, 0.15) is 12.1 Å². The Bertz CT molecular complexity index is 1620. The van der Waals surface area contributed by atoms with E-state index in [1.54, 1.807) is 40.1 Å². The molecule has 0 saturated heterocycles. The number of aromatic nitrogens is 4. The number of aryl methyl sites for hydroxylation is 1. The van der Waals surface area contributed by atoms with Crippen LogP contribution < -0.4 is 4.90 Å². The normalized spacial score (nSPS) is 14.6. The van der Waals surface area contributed by atoms with Gasteiger partial charge in [0, 0.05) is 35.3 Å². The molecule has 8 nitrogen and oxygen atoms in total. The maximum atomic E-state index is 13.4. The lowest BCUT2D eigenvalue weighted by atomic mass is 9.96. The van der Waals surface area contributed by atoms with Crippen LogP contribution in [0.5, 0.6) is 0 Å². The van der Waals surface area contributed by atoms with Gasteiger partial charge in [0.2, 0.25) is 0 Å². The fraction of sp³-hybridized carbons (Fsp3) is 0.185. The number of nitrogens with zero attached hydrogens (tertiary/aromatic N) is 6. The highest BCUT2D eigenvalue weighted by atomic mass is 35.5. The molecule has 1 fully saturated rings. The Kier molecular flexibility index (Phi) is 5.16. The van der Waals surface area contributed by atoms with Crippen LogP contribution in [-0.2, 0) is 13.6 Å². The number of anilines is 1. The molecule has 3 heterocycles. The van der Waals surface area contributed by atoms with Gasteiger partial charge in [-0.05, 0) is 65.9 Å². The molecule has 6 rings (SSSR count). The summed E-state index contributed by atoms with van der Waals surface area (Å²) >= 11 is 6.22. The second-order valence-electron chi connectivity index (χ2n) is 9.09. The molecule has 2 aromatic carbocycles. The van der Waals surface area contributed by atoms with E-state index in [0.717, 1.165) is 40.8 Å². The summed E-state index contributed by atoms with van der Waals surface area (Å²) in [6, 6.07) is 14.8. The molecule has 9 heteroatoms. The Balaban J connectivity index is 1.49. The SMILES string of the molecule is Cn1cnnc1-c1cc(C#N)ccc1-c1cc(C2CC2)nc(N2Cc3cc(Cl)c(C=O)cc3C2=O)c1. The van der Waals surface area contributed by atoms with E-state index in [1.165, 1.54) is 0 Å². The molecule has 36 heavy (non-hydrogen) atoms. The summed E-state index contributed by atoms with van der Waals surface area (Å²) in [5.74, 6) is 1.29. The molecule has 1 aliphatic heterocycles. The fourth-order valence-corrected chi connectivity index (χ4v) is 4.85. The minimum Gasteiger partial charge on any atom is -0.317 e. The summed E-state index contributed by atoms with van der Waals surface area (Å²) in [5, 5.41) is 18.1. The molecule has 1 amide bonds. The van der Waals surface area contributed by atoms with Crippen molar-refractivity contribution in [1.82, 2.24) is 19.7 Å². The highest BCUT2D eigenvalue weighted by molar-refractivity contribution is 6.33. The number of pyridine rings is 1. The molecule has 4 aromatic rings. The number of nitriles is 1. The number of aldehydes is 1. The van der Waals surface area contributed by atoms with Gasteiger partial charge in [-0.2, -0.15) is 5.26 Å². The van der Waals surface area contributed by atoms with Crippen LogP contribution >= 0.6 is 11.6 Å². The van der Waals surface area contributed by atoms with Crippen LogP contribution in [0.2, 0.25) is 5.02 Å². The largest absolute Gasteiger partial charge is 0.317 e. The number of carbonyl (C=O) groups is 2. The van der Waals surface area contributed by atoms with E-state index in [9.17, 15) is 14.9 Å². The summed E-state index contributed by atoms with van der Waals surface area (Å²) in [7, 11) is 1.85. The molecule has 2 aromatic heterocycles. The zero-order valence-electron chi connectivity index (χ0n) is 19.3. The highest BCUT2D eigenvalue weighted by Crippen LogP contribution is 2.43. The van der Waals surface area contributed by atoms with E-state index in [1.807, 2.05) is 19.2 Å². The maximum Gasteiger partial charge on any atom is 0.260 e. The van der Waals surface area contributed by atoms with Crippen LogP contribution in [0.25, 0.3) is 22.5 Å². The number of fused-ring (bicyclic) bond motifs is 1. The topological polar surface area (TPSA) is 105 Å². The molecule has 1 saturated carbocycles. The highest BCUT2D eigenvalue weighted by Gasteiger charge is 2.33. The quantitative estimate of drug-likeness (QED) is 0.365. The van der Waals surface area contributed by atoms with E-state index in [0.29, 0.717) is 46.5 Å². The van der Waals surface area contributed by atoms with Crippen molar-refractivity contribution < 1.29 is 9.59 Å². The summed E-state index contributed by atoms with van der Waals surface area (Å²) in [4.78, 5) is 31.2. The molecule has 176 valence electrons. The number of amides is 1. The lowest BCUT2D eigenvalue weighted by molar-refractivity contribution is 0.0996. The first kappa shape index (κ1) is 22.1. The standard InChI is InChI=1S/C27H19ClN6O2/c1-33-14-30-32-26(33)22-6-15(11-29)2-5-20(22)17-9-24(16-3-4-16)31-25(10-17)34-12-18-8-23(28)19(13-35)7-21(18)27(34)36/h2,5-10,13-14,16H,3-4,12H2,1H3. The van der Waals surface area contributed by atoms with E-state index in [-0.39, 0.29) is 11.5 Å². The van der Waals surface area contributed by atoms with Crippen LogP contribution in [0.15, 0.2) is 48.8 Å². The molecule has 0 N–H and O–H groups in total. The van der Waals surface area contributed by atoms with Crippen LogP contribution in [0.3, 0.4) is 0 Å². The maximum absolute atomic E-state index is 13.4. The van der Waals surface area contributed by atoms with E-state index in [4.69, 9.17) is 16.6 Å². The van der Waals surface area contributed by atoms with Gasteiger partial charge in [0.05, 0.1) is 23.2 Å². The van der Waals surface area contributed by atoms with Gasteiger partial charge in [-0.15, -0.1) is 10.2 Å². The summed E-state index contributed by atoms with van der Waals surface area (Å²) in [6.45, 7) is 0.317. The number of hydrogen-bond donors (Lipinski definition) is 0. The Morgan fingerprint density at radius 2 is 1.94 bits per heavy atom. The van der Waals surface area contributed by atoms with Crippen molar-refractivity contribution in [2.24, 2.45) is 7.05 Å². The van der Waals surface area contributed by atoms with E-state index < -0.39 is 0 Å². The third kappa shape index (κ3) is 3.65.